The molecule has 1 aromatic rings. The van der Waals surface area contributed by atoms with Crippen molar-refractivity contribution in [3.8, 4) is 0 Å². The highest BCUT2D eigenvalue weighted by Gasteiger charge is 2.17. The van der Waals surface area contributed by atoms with E-state index < -0.39 is 0 Å². The van der Waals surface area contributed by atoms with Gasteiger partial charge in [0.2, 0.25) is 0 Å². The van der Waals surface area contributed by atoms with Gasteiger partial charge in [-0.2, -0.15) is 0 Å². The molecule has 0 radical (unpaired) electrons. The molecular formula is C16H24N2. The third-order valence-electron chi connectivity index (χ3n) is 3.93. The zero-order chi connectivity index (χ0) is 12.8. The molecule has 1 aromatic heterocycles. The smallest absolute Gasteiger partial charge is 0.0342 e. The quantitative estimate of drug-likeness (QED) is 0.875. The molecule has 2 nitrogen and oxygen atoms in total. The third-order valence-corrected chi connectivity index (χ3v) is 3.93. The molecular weight excluding hydrogens is 220 g/mol. The van der Waals surface area contributed by atoms with E-state index in [1.165, 1.54) is 43.2 Å². The normalized spacial score (nSPS) is 18.0. The second kappa shape index (κ2) is 6.69. The van der Waals surface area contributed by atoms with Crippen LogP contribution in [0, 0.1) is 12.8 Å². The Morgan fingerprint density at radius 2 is 2.17 bits per heavy atom. The molecule has 0 unspecified atom stereocenters. The minimum Gasteiger partial charge on any atom is -0.316 e. The Labute approximate surface area is 111 Å². The lowest BCUT2D eigenvalue weighted by molar-refractivity contribution is 0.398. The summed E-state index contributed by atoms with van der Waals surface area (Å²) in [5, 5.41) is 3.32. The Morgan fingerprint density at radius 3 is 2.83 bits per heavy atom. The number of hydrogen-bond acceptors (Lipinski definition) is 2. The van der Waals surface area contributed by atoms with E-state index in [1.807, 2.05) is 19.4 Å². The van der Waals surface area contributed by atoms with E-state index >= 15 is 0 Å². The van der Waals surface area contributed by atoms with Crippen molar-refractivity contribution in [3.63, 3.8) is 0 Å². The first kappa shape index (κ1) is 13.3. The second-order valence-electron chi connectivity index (χ2n) is 5.32. The van der Waals surface area contributed by atoms with E-state index in [1.54, 1.807) is 5.57 Å². The third kappa shape index (κ3) is 3.42. The number of hydrogen-bond donors (Lipinski definition) is 1. The molecule has 98 valence electrons. The Morgan fingerprint density at radius 1 is 1.39 bits per heavy atom. The van der Waals surface area contributed by atoms with Crippen LogP contribution in [0.3, 0.4) is 0 Å². The van der Waals surface area contributed by atoms with Crippen LogP contribution in [0.5, 0.6) is 0 Å². The van der Waals surface area contributed by atoms with Crippen LogP contribution in [0.25, 0.3) is 6.08 Å². The van der Waals surface area contributed by atoms with Crippen LogP contribution in [0.15, 0.2) is 24.0 Å². The van der Waals surface area contributed by atoms with Crippen LogP contribution in [-0.2, 0) is 0 Å². The summed E-state index contributed by atoms with van der Waals surface area (Å²) in [6, 6.07) is 2.09. The molecule has 0 aliphatic heterocycles. The summed E-state index contributed by atoms with van der Waals surface area (Å²) in [6.45, 7) is 3.16. The van der Waals surface area contributed by atoms with E-state index in [4.69, 9.17) is 0 Å². The largest absolute Gasteiger partial charge is 0.316 e. The predicted octanol–water partition coefficient (Wildman–Crippen LogP) is 3.57. The number of aromatic nitrogens is 1. The number of pyridine rings is 1. The van der Waals surface area contributed by atoms with Crippen molar-refractivity contribution in [2.45, 2.75) is 39.0 Å². The van der Waals surface area contributed by atoms with Crippen molar-refractivity contribution in [2.24, 2.45) is 5.92 Å². The molecule has 1 N–H and O–H groups in total. The Bertz CT molecular complexity index is 403. The lowest BCUT2D eigenvalue weighted by Crippen LogP contribution is -2.19. The zero-order valence-corrected chi connectivity index (χ0v) is 11.6. The maximum absolute atomic E-state index is 4.24. The summed E-state index contributed by atoms with van der Waals surface area (Å²) in [5.74, 6) is 0.769. The average Bonchev–Trinajstić information content (AvgIpc) is 2.42. The second-order valence-corrected chi connectivity index (χ2v) is 5.32. The molecule has 18 heavy (non-hydrogen) atoms. The first-order chi connectivity index (χ1) is 8.81. The van der Waals surface area contributed by atoms with Crippen LogP contribution >= 0.6 is 0 Å². The highest BCUT2D eigenvalue weighted by molar-refractivity contribution is 5.56. The monoisotopic (exact) mass is 244 g/mol. The summed E-state index contributed by atoms with van der Waals surface area (Å²) in [5.41, 5.74) is 4.14. The van der Waals surface area contributed by atoms with E-state index in [9.17, 15) is 0 Å². The Balaban J connectivity index is 2.20. The molecule has 1 saturated carbocycles. The van der Waals surface area contributed by atoms with Gasteiger partial charge < -0.3 is 5.32 Å². The molecule has 0 spiro atoms. The minimum atomic E-state index is 0.769. The highest BCUT2D eigenvalue weighted by Crippen LogP contribution is 2.30. The molecule has 2 heteroatoms. The van der Waals surface area contributed by atoms with Crippen LogP contribution in [0.1, 0.15) is 43.2 Å². The van der Waals surface area contributed by atoms with Gasteiger partial charge in [-0.05, 0) is 49.9 Å². The lowest BCUT2D eigenvalue weighted by Gasteiger charge is -2.24. The van der Waals surface area contributed by atoms with Gasteiger partial charge in [-0.25, -0.2) is 0 Å². The van der Waals surface area contributed by atoms with Crippen molar-refractivity contribution in [1.29, 1.82) is 0 Å². The fraction of sp³-hybridized carbons (Fsp3) is 0.562. The fourth-order valence-corrected chi connectivity index (χ4v) is 2.82. The Kier molecular flexibility index (Phi) is 4.94. The van der Waals surface area contributed by atoms with E-state index in [2.05, 4.69) is 29.4 Å². The molecule has 0 amide bonds. The van der Waals surface area contributed by atoms with E-state index in [-0.39, 0.29) is 0 Å². The zero-order valence-electron chi connectivity index (χ0n) is 11.6. The number of nitrogens with one attached hydrogen (secondary N) is 1. The summed E-state index contributed by atoms with van der Waals surface area (Å²) >= 11 is 0. The van der Waals surface area contributed by atoms with E-state index in [0.29, 0.717) is 0 Å². The molecule has 1 heterocycles. The molecule has 0 aromatic carbocycles. The van der Waals surface area contributed by atoms with Crippen molar-refractivity contribution in [1.82, 2.24) is 10.3 Å². The average molecular weight is 244 g/mol. The molecule has 1 fully saturated rings. The van der Waals surface area contributed by atoms with Gasteiger partial charge >= 0.3 is 0 Å². The molecule has 1 aliphatic rings. The van der Waals surface area contributed by atoms with Gasteiger partial charge in [0.1, 0.15) is 0 Å². The summed E-state index contributed by atoms with van der Waals surface area (Å²) in [7, 11) is 2.03. The van der Waals surface area contributed by atoms with E-state index in [0.717, 1.165) is 12.5 Å². The predicted molar refractivity (Wildman–Crippen MR) is 77.5 cm³/mol. The SMILES string of the molecule is CNC/C(=C/c1cnccc1C)C1CCCCC1. The van der Waals surface area contributed by atoms with Crippen molar-refractivity contribution in [2.75, 3.05) is 13.6 Å². The highest BCUT2D eigenvalue weighted by atomic mass is 14.8. The standard InChI is InChI=1S/C16H24N2/c1-13-8-9-18-12-15(13)10-16(11-17-2)14-6-4-3-5-7-14/h8-10,12,14,17H,3-7,11H2,1-2H3/b16-10-. The molecule has 0 atom stereocenters. The van der Waals surface area contributed by atoms with Crippen molar-refractivity contribution in [3.05, 3.63) is 35.2 Å². The summed E-state index contributed by atoms with van der Waals surface area (Å²) in [6.07, 6.45) is 13.1. The minimum absolute atomic E-state index is 0.769. The number of rotatable bonds is 4. The van der Waals surface area contributed by atoms with Gasteiger partial charge in [0, 0.05) is 18.9 Å². The maximum Gasteiger partial charge on any atom is 0.0342 e. The topological polar surface area (TPSA) is 24.9 Å². The summed E-state index contributed by atoms with van der Waals surface area (Å²) < 4.78 is 0. The first-order valence-corrected chi connectivity index (χ1v) is 7.07. The number of nitrogens with zero attached hydrogens (tertiary/aromatic N) is 1. The van der Waals surface area contributed by atoms with Crippen LogP contribution in [-0.4, -0.2) is 18.6 Å². The van der Waals surface area contributed by atoms with Crippen LogP contribution < -0.4 is 5.32 Å². The van der Waals surface area contributed by atoms with Crippen molar-refractivity contribution < 1.29 is 0 Å². The molecule has 0 saturated heterocycles. The van der Waals surface area contributed by atoms with Gasteiger partial charge in [-0.15, -0.1) is 0 Å². The first-order valence-electron chi connectivity index (χ1n) is 7.07. The van der Waals surface area contributed by atoms with Crippen LogP contribution in [0.4, 0.5) is 0 Å². The summed E-state index contributed by atoms with van der Waals surface area (Å²) in [4.78, 5) is 4.24. The van der Waals surface area contributed by atoms with Crippen LogP contribution in [0.2, 0.25) is 0 Å². The molecule has 0 bridgehead atoms. The fourth-order valence-electron chi connectivity index (χ4n) is 2.82. The van der Waals surface area contributed by atoms with Gasteiger partial charge in [0.05, 0.1) is 0 Å². The van der Waals surface area contributed by atoms with Crippen molar-refractivity contribution >= 4 is 6.08 Å². The molecule has 1 aliphatic carbocycles. The molecule has 2 rings (SSSR count). The lowest BCUT2D eigenvalue weighted by atomic mass is 9.83. The Hall–Kier alpha value is -1.15. The van der Waals surface area contributed by atoms with Gasteiger partial charge in [0.25, 0.3) is 0 Å². The number of aryl methyl sites for hydroxylation is 1. The van der Waals surface area contributed by atoms with Gasteiger partial charge in [-0.1, -0.05) is 30.9 Å². The number of likely N-dealkylation sites (N-methyl/N-ethyl adjacent to an activating group) is 1. The van der Waals surface area contributed by atoms with Gasteiger partial charge in [0.15, 0.2) is 0 Å². The maximum atomic E-state index is 4.24. The van der Waals surface area contributed by atoms with Gasteiger partial charge in [-0.3, -0.25) is 4.98 Å².